The van der Waals surface area contributed by atoms with E-state index in [4.69, 9.17) is 0 Å². The average Bonchev–Trinajstić information content (AvgIpc) is 2.65. The van der Waals surface area contributed by atoms with Crippen molar-refractivity contribution in [1.29, 1.82) is 0 Å². The monoisotopic (exact) mass is 244 g/mol. The first-order chi connectivity index (χ1) is 6.77. The Morgan fingerprint density at radius 3 is 2.86 bits per heavy atom. The number of carbonyl (C=O) groups excluding carboxylic acids is 1. The molecule has 1 aromatic rings. The van der Waals surface area contributed by atoms with Crippen LogP contribution < -0.4 is 0 Å². The highest BCUT2D eigenvalue weighted by Gasteiger charge is 2.24. The topological polar surface area (TPSA) is 17.1 Å². The van der Waals surface area contributed by atoms with Crippen LogP contribution in [0.4, 0.5) is 0 Å². The molecule has 4 heteroatoms. The van der Waals surface area contributed by atoms with E-state index in [-0.39, 0.29) is 5.25 Å². The SMILES string of the molecule is Cc1ccc(C(=O)C2CSCCS2)s1. The molecule has 1 aliphatic rings. The van der Waals surface area contributed by atoms with Crippen LogP contribution in [-0.4, -0.2) is 28.3 Å². The molecular formula is C10H12OS3. The predicted octanol–water partition coefficient (Wildman–Crippen LogP) is 3.09. The number of Topliss-reactive ketones (excluding diaryl/α,β-unsaturated/α-hetero) is 1. The van der Waals surface area contributed by atoms with E-state index < -0.39 is 0 Å². The Labute approximate surface area is 96.7 Å². The molecule has 1 fully saturated rings. The summed E-state index contributed by atoms with van der Waals surface area (Å²) in [6.07, 6.45) is 0. The summed E-state index contributed by atoms with van der Waals surface area (Å²) in [6, 6.07) is 3.99. The first kappa shape index (κ1) is 10.6. The quantitative estimate of drug-likeness (QED) is 0.744. The molecule has 1 unspecified atom stereocenters. The number of thioether (sulfide) groups is 2. The van der Waals surface area contributed by atoms with Crippen LogP contribution in [0.1, 0.15) is 14.5 Å². The van der Waals surface area contributed by atoms with Crippen molar-refractivity contribution >= 4 is 40.6 Å². The van der Waals surface area contributed by atoms with Crippen LogP contribution in [0.15, 0.2) is 12.1 Å². The Hall–Kier alpha value is 0.0700. The maximum absolute atomic E-state index is 12.0. The maximum Gasteiger partial charge on any atom is 0.186 e. The van der Waals surface area contributed by atoms with Gasteiger partial charge in [0.25, 0.3) is 0 Å². The van der Waals surface area contributed by atoms with Gasteiger partial charge in [0.2, 0.25) is 0 Å². The summed E-state index contributed by atoms with van der Waals surface area (Å²) in [7, 11) is 0. The van der Waals surface area contributed by atoms with Crippen molar-refractivity contribution in [3.8, 4) is 0 Å². The molecule has 0 amide bonds. The lowest BCUT2D eigenvalue weighted by molar-refractivity contribution is 0.0999. The zero-order valence-electron chi connectivity index (χ0n) is 7.99. The number of carbonyl (C=O) groups is 1. The fraction of sp³-hybridized carbons (Fsp3) is 0.500. The van der Waals surface area contributed by atoms with Gasteiger partial charge >= 0.3 is 0 Å². The van der Waals surface area contributed by atoms with E-state index in [0.29, 0.717) is 5.78 Å². The molecule has 0 aromatic carbocycles. The number of hydrogen-bond acceptors (Lipinski definition) is 4. The van der Waals surface area contributed by atoms with Crippen molar-refractivity contribution in [3.63, 3.8) is 0 Å². The Balaban J connectivity index is 2.07. The lowest BCUT2D eigenvalue weighted by Crippen LogP contribution is -2.23. The summed E-state index contributed by atoms with van der Waals surface area (Å²) in [5, 5.41) is 0.201. The van der Waals surface area contributed by atoms with E-state index >= 15 is 0 Å². The summed E-state index contributed by atoms with van der Waals surface area (Å²) in [4.78, 5) is 14.1. The van der Waals surface area contributed by atoms with Gasteiger partial charge in [-0.2, -0.15) is 11.8 Å². The van der Waals surface area contributed by atoms with Gasteiger partial charge in [-0.05, 0) is 19.1 Å². The average molecular weight is 244 g/mol. The zero-order chi connectivity index (χ0) is 9.97. The fourth-order valence-electron chi connectivity index (χ4n) is 1.36. The second kappa shape index (κ2) is 4.73. The summed E-state index contributed by atoms with van der Waals surface area (Å²) in [5.74, 6) is 3.63. The minimum absolute atomic E-state index is 0.201. The van der Waals surface area contributed by atoms with Crippen molar-refractivity contribution < 1.29 is 4.79 Å². The summed E-state index contributed by atoms with van der Waals surface area (Å²) >= 11 is 5.32. The van der Waals surface area contributed by atoms with Gasteiger partial charge in [-0.1, -0.05) is 0 Å². The molecule has 1 saturated heterocycles. The van der Waals surface area contributed by atoms with Crippen LogP contribution in [0.2, 0.25) is 0 Å². The molecule has 0 bridgehead atoms. The lowest BCUT2D eigenvalue weighted by atomic mass is 10.2. The van der Waals surface area contributed by atoms with Gasteiger partial charge in [-0.3, -0.25) is 4.79 Å². The molecule has 0 radical (unpaired) electrons. The van der Waals surface area contributed by atoms with Gasteiger partial charge in [0.1, 0.15) is 0 Å². The summed E-state index contributed by atoms with van der Waals surface area (Å²) in [6.45, 7) is 2.05. The zero-order valence-corrected chi connectivity index (χ0v) is 10.4. The Bertz CT molecular complexity index is 326. The van der Waals surface area contributed by atoms with Crippen LogP contribution in [0.3, 0.4) is 0 Å². The molecule has 2 heterocycles. The second-order valence-corrected chi connectivity index (χ2v) is 6.96. The molecule has 0 aliphatic carbocycles. The minimum atomic E-state index is 0.201. The van der Waals surface area contributed by atoms with Crippen LogP contribution in [0.5, 0.6) is 0 Å². The van der Waals surface area contributed by atoms with Gasteiger partial charge in [-0.25, -0.2) is 0 Å². The molecule has 1 aromatic heterocycles. The Morgan fingerprint density at radius 1 is 1.43 bits per heavy atom. The third-order valence-electron chi connectivity index (χ3n) is 2.09. The van der Waals surface area contributed by atoms with E-state index in [2.05, 4.69) is 0 Å². The third-order valence-corrected chi connectivity index (χ3v) is 5.86. The highest BCUT2D eigenvalue weighted by molar-refractivity contribution is 8.07. The molecule has 0 saturated carbocycles. The minimum Gasteiger partial charge on any atom is -0.292 e. The first-order valence-corrected chi connectivity index (χ1v) is 7.59. The Kier molecular flexibility index (Phi) is 3.57. The molecule has 1 atom stereocenters. The van der Waals surface area contributed by atoms with E-state index in [0.717, 1.165) is 16.4 Å². The van der Waals surface area contributed by atoms with Gasteiger partial charge in [0, 0.05) is 22.1 Å². The second-order valence-electron chi connectivity index (χ2n) is 3.21. The molecule has 76 valence electrons. The van der Waals surface area contributed by atoms with Gasteiger partial charge in [-0.15, -0.1) is 23.1 Å². The summed E-state index contributed by atoms with van der Waals surface area (Å²) < 4.78 is 0. The highest BCUT2D eigenvalue weighted by Crippen LogP contribution is 2.28. The van der Waals surface area contributed by atoms with Crippen molar-refractivity contribution in [3.05, 3.63) is 21.9 Å². The third kappa shape index (κ3) is 2.35. The number of rotatable bonds is 2. The molecule has 14 heavy (non-hydrogen) atoms. The maximum atomic E-state index is 12.0. The van der Waals surface area contributed by atoms with Gasteiger partial charge in [0.15, 0.2) is 5.78 Å². The molecule has 0 spiro atoms. The van der Waals surface area contributed by atoms with Gasteiger partial charge < -0.3 is 0 Å². The van der Waals surface area contributed by atoms with Crippen molar-refractivity contribution in [2.75, 3.05) is 17.3 Å². The van der Waals surface area contributed by atoms with E-state index in [9.17, 15) is 4.79 Å². The van der Waals surface area contributed by atoms with E-state index in [1.165, 1.54) is 10.6 Å². The molecular weight excluding hydrogens is 232 g/mol. The number of aryl methyl sites for hydroxylation is 1. The van der Waals surface area contributed by atoms with Crippen molar-refractivity contribution in [2.24, 2.45) is 0 Å². The van der Waals surface area contributed by atoms with Crippen LogP contribution in [0, 0.1) is 6.92 Å². The van der Waals surface area contributed by atoms with E-state index in [1.807, 2.05) is 42.6 Å². The summed E-state index contributed by atoms with van der Waals surface area (Å²) in [5.41, 5.74) is 0. The van der Waals surface area contributed by atoms with Gasteiger partial charge in [0.05, 0.1) is 10.1 Å². The van der Waals surface area contributed by atoms with Crippen LogP contribution in [-0.2, 0) is 0 Å². The molecule has 1 nitrogen and oxygen atoms in total. The van der Waals surface area contributed by atoms with Crippen molar-refractivity contribution in [2.45, 2.75) is 12.2 Å². The largest absolute Gasteiger partial charge is 0.292 e. The molecule has 1 aliphatic heterocycles. The molecule has 2 rings (SSSR count). The first-order valence-electron chi connectivity index (χ1n) is 4.57. The molecule has 0 N–H and O–H groups in total. The van der Waals surface area contributed by atoms with E-state index in [1.54, 1.807) is 11.3 Å². The fourth-order valence-corrected chi connectivity index (χ4v) is 4.93. The highest BCUT2D eigenvalue weighted by atomic mass is 32.2. The van der Waals surface area contributed by atoms with Crippen molar-refractivity contribution in [1.82, 2.24) is 0 Å². The van der Waals surface area contributed by atoms with Crippen LogP contribution in [0.25, 0.3) is 0 Å². The predicted molar refractivity (Wildman–Crippen MR) is 67.0 cm³/mol. The number of ketones is 1. The number of thiophene rings is 1. The number of hydrogen-bond donors (Lipinski definition) is 0. The standard InChI is InChI=1S/C10H12OS3/c1-7-2-3-8(14-7)10(11)9-6-12-4-5-13-9/h2-3,9H,4-6H2,1H3. The van der Waals surface area contributed by atoms with Crippen LogP contribution >= 0.6 is 34.9 Å². The normalized spacial score (nSPS) is 22.2. The lowest BCUT2D eigenvalue weighted by Gasteiger charge is -2.18. The smallest absolute Gasteiger partial charge is 0.186 e. The Morgan fingerprint density at radius 2 is 2.29 bits per heavy atom.